The van der Waals surface area contributed by atoms with Gasteiger partial charge in [-0.15, -0.1) is 0 Å². The Morgan fingerprint density at radius 2 is 1.50 bits per heavy atom. The molecule has 26 heavy (non-hydrogen) atoms. The molecule has 0 aromatic carbocycles. The van der Waals surface area contributed by atoms with Crippen LogP contribution in [0.25, 0.3) is 0 Å². The number of hydrogen-bond donors (Lipinski definition) is 2. The number of allylic oxidation sites excluding steroid dienone is 6. The summed E-state index contributed by atoms with van der Waals surface area (Å²) in [6.07, 6.45) is 13.8. The maximum Gasteiger partial charge on any atom is 0.222 e. The van der Waals surface area contributed by atoms with E-state index in [0.29, 0.717) is 18.8 Å². The van der Waals surface area contributed by atoms with Gasteiger partial charge in [0.05, 0.1) is 0 Å². The summed E-state index contributed by atoms with van der Waals surface area (Å²) in [6, 6.07) is 0. The topological polar surface area (TPSA) is 49.3 Å². The fourth-order valence-electron chi connectivity index (χ4n) is 2.72. The molecule has 0 spiro atoms. The van der Waals surface area contributed by atoms with E-state index >= 15 is 0 Å². The molecule has 0 saturated heterocycles. The Bertz CT molecular complexity index is 484. The summed E-state index contributed by atoms with van der Waals surface area (Å²) in [5.41, 5.74) is 4.30. The smallest absolute Gasteiger partial charge is 0.222 e. The van der Waals surface area contributed by atoms with E-state index in [-0.39, 0.29) is 5.91 Å². The number of amides is 1. The molecule has 0 aliphatic carbocycles. The zero-order chi connectivity index (χ0) is 19.9. The quantitative estimate of drug-likeness (QED) is 0.309. The summed E-state index contributed by atoms with van der Waals surface area (Å²) in [5, 5.41) is 12.0. The Morgan fingerprint density at radius 1 is 0.962 bits per heavy atom. The van der Waals surface area contributed by atoms with Crippen LogP contribution < -0.4 is 5.32 Å². The summed E-state index contributed by atoms with van der Waals surface area (Å²) in [7, 11) is 0. The minimum Gasteiger partial charge on any atom is -0.374 e. The second-order valence-electron chi connectivity index (χ2n) is 7.84. The van der Waals surface area contributed by atoms with Crippen LogP contribution >= 0.6 is 0 Å². The van der Waals surface area contributed by atoms with E-state index < -0.39 is 6.23 Å². The normalized spacial score (nSPS) is 14.7. The van der Waals surface area contributed by atoms with Gasteiger partial charge in [0.15, 0.2) is 0 Å². The van der Waals surface area contributed by atoms with Gasteiger partial charge in [-0.2, -0.15) is 0 Å². The van der Waals surface area contributed by atoms with Crippen LogP contribution in [0.3, 0.4) is 0 Å². The van der Waals surface area contributed by atoms with E-state index in [1.807, 2.05) is 6.92 Å². The maximum absolute atomic E-state index is 11.7. The van der Waals surface area contributed by atoms with Gasteiger partial charge in [-0.25, -0.2) is 0 Å². The molecule has 0 bridgehead atoms. The van der Waals surface area contributed by atoms with Crippen molar-refractivity contribution in [3.63, 3.8) is 0 Å². The first-order valence-electron chi connectivity index (χ1n) is 10.2. The lowest BCUT2D eigenvalue weighted by molar-refractivity contribution is -0.124. The fourth-order valence-corrected chi connectivity index (χ4v) is 2.72. The van der Waals surface area contributed by atoms with E-state index in [4.69, 9.17) is 0 Å². The van der Waals surface area contributed by atoms with E-state index in [2.05, 4.69) is 58.2 Å². The molecule has 1 amide bonds. The summed E-state index contributed by atoms with van der Waals surface area (Å²) in [6.45, 7) is 12.7. The van der Waals surface area contributed by atoms with Crippen molar-refractivity contribution in [3.05, 3.63) is 34.9 Å². The van der Waals surface area contributed by atoms with E-state index in [9.17, 15) is 9.90 Å². The molecule has 0 aromatic rings. The number of aliphatic hydroxyl groups is 1. The van der Waals surface area contributed by atoms with Gasteiger partial charge in [0.2, 0.25) is 5.91 Å². The van der Waals surface area contributed by atoms with Gasteiger partial charge in [0.25, 0.3) is 0 Å². The number of nitrogens with one attached hydrogen (secondary N) is 1. The van der Waals surface area contributed by atoms with Crippen LogP contribution in [0.1, 0.15) is 92.9 Å². The molecule has 150 valence electrons. The molecule has 2 atom stereocenters. The van der Waals surface area contributed by atoms with Gasteiger partial charge >= 0.3 is 0 Å². The van der Waals surface area contributed by atoms with Gasteiger partial charge in [-0.1, -0.05) is 48.8 Å². The molecule has 0 aromatic heterocycles. The van der Waals surface area contributed by atoms with E-state index in [0.717, 1.165) is 38.5 Å². The van der Waals surface area contributed by atoms with Gasteiger partial charge in [0.1, 0.15) is 6.23 Å². The molecule has 0 radical (unpaired) electrons. The minimum absolute atomic E-state index is 0.0544. The molecule has 0 rings (SSSR count). The Labute approximate surface area is 161 Å². The van der Waals surface area contributed by atoms with Gasteiger partial charge in [0, 0.05) is 6.42 Å². The maximum atomic E-state index is 11.7. The van der Waals surface area contributed by atoms with Crippen LogP contribution in [0.4, 0.5) is 0 Å². The summed E-state index contributed by atoms with van der Waals surface area (Å²) in [4.78, 5) is 11.7. The van der Waals surface area contributed by atoms with Crippen molar-refractivity contribution >= 4 is 5.91 Å². The minimum atomic E-state index is -0.713. The molecule has 3 nitrogen and oxygen atoms in total. The van der Waals surface area contributed by atoms with Crippen molar-refractivity contribution in [1.29, 1.82) is 0 Å². The zero-order valence-electron chi connectivity index (χ0n) is 17.9. The highest BCUT2D eigenvalue weighted by Crippen LogP contribution is 2.15. The summed E-state index contributed by atoms with van der Waals surface area (Å²) in [5.74, 6) is 0.279. The summed E-state index contributed by atoms with van der Waals surface area (Å²) >= 11 is 0. The fraction of sp³-hybridized carbons (Fsp3) is 0.696. The first-order chi connectivity index (χ1) is 12.2. The predicted molar refractivity (Wildman–Crippen MR) is 113 cm³/mol. The molecule has 0 heterocycles. The van der Waals surface area contributed by atoms with Crippen molar-refractivity contribution in [2.24, 2.45) is 5.92 Å². The molecule has 3 heteroatoms. The third kappa shape index (κ3) is 14.9. The number of rotatable bonds is 13. The molecule has 0 aliphatic rings. The van der Waals surface area contributed by atoms with Crippen LogP contribution in [-0.2, 0) is 4.79 Å². The number of carbonyl (C=O) groups excluding carboxylic acids is 1. The van der Waals surface area contributed by atoms with Crippen molar-refractivity contribution < 1.29 is 9.90 Å². The van der Waals surface area contributed by atoms with Crippen LogP contribution in [0, 0.1) is 5.92 Å². The van der Waals surface area contributed by atoms with E-state index in [1.165, 1.54) is 16.7 Å². The van der Waals surface area contributed by atoms with E-state index in [1.54, 1.807) is 0 Å². The standard InChI is InChI=1S/C23H41NO2/c1-7-22(25)24-23(26)17-21(6)16-10-15-20(5)14-9-13-19(4)12-8-11-18(2)3/h11,13,15,21-22,25H,7-10,12,14,16-17H2,1-6H3,(H,24,26). The lowest BCUT2D eigenvalue weighted by Gasteiger charge is -2.13. The average Bonchev–Trinajstić information content (AvgIpc) is 2.54. The van der Waals surface area contributed by atoms with Crippen molar-refractivity contribution in [3.8, 4) is 0 Å². The van der Waals surface area contributed by atoms with Crippen LogP contribution in [0.5, 0.6) is 0 Å². The molecule has 0 fully saturated rings. The molecule has 0 aliphatic heterocycles. The first-order valence-corrected chi connectivity index (χ1v) is 10.2. The Morgan fingerprint density at radius 3 is 2.04 bits per heavy atom. The third-order valence-corrected chi connectivity index (χ3v) is 4.52. The highest BCUT2D eigenvalue weighted by atomic mass is 16.3. The van der Waals surface area contributed by atoms with Crippen molar-refractivity contribution in [1.82, 2.24) is 5.32 Å². The Hall–Kier alpha value is -1.35. The van der Waals surface area contributed by atoms with Gasteiger partial charge < -0.3 is 10.4 Å². The van der Waals surface area contributed by atoms with Crippen molar-refractivity contribution in [2.45, 2.75) is 99.1 Å². The Kier molecular flexibility index (Phi) is 14.0. The third-order valence-electron chi connectivity index (χ3n) is 4.52. The van der Waals surface area contributed by atoms with Crippen LogP contribution in [0.2, 0.25) is 0 Å². The largest absolute Gasteiger partial charge is 0.374 e. The summed E-state index contributed by atoms with van der Waals surface area (Å²) < 4.78 is 0. The lowest BCUT2D eigenvalue weighted by Crippen LogP contribution is -2.34. The van der Waals surface area contributed by atoms with Gasteiger partial charge in [-0.05, 0) is 78.6 Å². The number of hydrogen-bond acceptors (Lipinski definition) is 2. The number of carbonyl (C=O) groups is 1. The highest BCUT2D eigenvalue weighted by Gasteiger charge is 2.11. The molecular formula is C23H41NO2. The van der Waals surface area contributed by atoms with Crippen LogP contribution in [-0.4, -0.2) is 17.2 Å². The average molecular weight is 364 g/mol. The monoisotopic (exact) mass is 363 g/mol. The Balaban J connectivity index is 3.99. The molecule has 2 N–H and O–H groups in total. The van der Waals surface area contributed by atoms with Crippen molar-refractivity contribution in [2.75, 3.05) is 0 Å². The molecular weight excluding hydrogens is 322 g/mol. The second kappa shape index (κ2) is 14.8. The lowest BCUT2D eigenvalue weighted by atomic mass is 9.99. The zero-order valence-corrected chi connectivity index (χ0v) is 17.9. The molecule has 0 saturated carbocycles. The van der Waals surface area contributed by atoms with Crippen LogP contribution in [0.15, 0.2) is 34.9 Å². The highest BCUT2D eigenvalue weighted by molar-refractivity contribution is 5.76. The molecule has 2 unspecified atom stereocenters. The first kappa shape index (κ1) is 24.7. The number of aliphatic hydroxyl groups excluding tert-OH is 1. The predicted octanol–water partition coefficient (Wildman–Crippen LogP) is 6.06. The SMILES string of the molecule is CCC(O)NC(=O)CC(C)CCC=C(C)CCC=C(C)CCC=C(C)C. The second-order valence-corrected chi connectivity index (χ2v) is 7.84. The van der Waals surface area contributed by atoms with Gasteiger partial charge in [-0.3, -0.25) is 4.79 Å².